The summed E-state index contributed by atoms with van der Waals surface area (Å²) in [5, 5.41) is 14.2. The first-order chi connectivity index (χ1) is 16.0. The van der Waals surface area contributed by atoms with E-state index in [-0.39, 0.29) is 27.8 Å². The van der Waals surface area contributed by atoms with Gasteiger partial charge in [0.05, 0.1) is 32.1 Å². The first-order valence-electron chi connectivity index (χ1n) is 10.0. The molecule has 3 aromatic carbocycles. The van der Waals surface area contributed by atoms with Gasteiger partial charge in [0.1, 0.15) is 0 Å². The Bertz CT molecular complexity index is 1350. The lowest BCUT2D eigenvalue weighted by atomic mass is 10.2. The number of nitro benzene ring substituents is 1. The molecular formula is C23H21Cl2N3O5S. The highest BCUT2D eigenvalue weighted by molar-refractivity contribution is 7.89. The van der Waals surface area contributed by atoms with Crippen molar-refractivity contribution in [2.45, 2.75) is 25.3 Å². The molecule has 0 bridgehead atoms. The molecule has 0 heterocycles. The van der Waals surface area contributed by atoms with Crippen molar-refractivity contribution in [1.29, 1.82) is 0 Å². The van der Waals surface area contributed by atoms with Crippen LogP contribution in [0, 0.1) is 24.0 Å². The van der Waals surface area contributed by atoms with Crippen LogP contribution in [0.3, 0.4) is 0 Å². The highest BCUT2D eigenvalue weighted by atomic mass is 35.5. The predicted molar refractivity (Wildman–Crippen MR) is 132 cm³/mol. The average Bonchev–Trinajstić information content (AvgIpc) is 2.77. The maximum absolute atomic E-state index is 13.4. The third kappa shape index (κ3) is 6.12. The number of hydrogen-bond acceptors (Lipinski definition) is 5. The molecule has 34 heavy (non-hydrogen) atoms. The Morgan fingerprint density at radius 1 is 1.00 bits per heavy atom. The second kappa shape index (κ2) is 10.5. The van der Waals surface area contributed by atoms with Gasteiger partial charge in [-0.3, -0.25) is 14.9 Å². The van der Waals surface area contributed by atoms with Crippen molar-refractivity contribution >= 4 is 50.5 Å². The van der Waals surface area contributed by atoms with Gasteiger partial charge in [-0.2, -0.15) is 4.31 Å². The molecule has 3 aromatic rings. The van der Waals surface area contributed by atoms with Crippen molar-refractivity contribution in [3.05, 3.63) is 97.5 Å². The number of rotatable bonds is 8. The molecule has 0 aliphatic rings. The number of benzene rings is 3. The molecule has 11 heteroatoms. The van der Waals surface area contributed by atoms with Gasteiger partial charge in [-0.25, -0.2) is 8.42 Å². The Morgan fingerprint density at radius 3 is 2.29 bits per heavy atom. The largest absolute Gasteiger partial charge is 0.324 e. The van der Waals surface area contributed by atoms with E-state index in [4.69, 9.17) is 23.2 Å². The van der Waals surface area contributed by atoms with Gasteiger partial charge >= 0.3 is 0 Å². The molecule has 0 saturated carbocycles. The first-order valence-corrected chi connectivity index (χ1v) is 12.2. The van der Waals surface area contributed by atoms with Gasteiger partial charge in [0.25, 0.3) is 5.69 Å². The van der Waals surface area contributed by atoms with Crippen LogP contribution >= 0.6 is 23.2 Å². The van der Waals surface area contributed by atoms with Gasteiger partial charge in [0, 0.05) is 18.7 Å². The molecular weight excluding hydrogens is 501 g/mol. The smallest absolute Gasteiger partial charge is 0.271 e. The number of nitro groups is 1. The van der Waals surface area contributed by atoms with E-state index in [9.17, 15) is 23.3 Å². The summed E-state index contributed by atoms with van der Waals surface area (Å²) >= 11 is 12.0. The molecule has 0 unspecified atom stereocenters. The fourth-order valence-corrected chi connectivity index (χ4v) is 4.84. The van der Waals surface area contributed by atoms with E-state index < -0.39 is 27.4 Å². The third-order valence-corrected chi connectivity index (χ3v) is 7.57. The van der Waals surface area contributed by atoms with Crippen molar-refractivity contribution in [2.75, 3.05) is 11.9 Å². The topological polar surface area (TPSA) is 110 Å². The quantitative estimate of drug-likeness (QED) is 0.317. The number of carbonyl (C=O) groups excluding carboxylic acids is 1. The Labute approximate surface area is 207 Å². The van der Waals surface area contributed by atoms with Gasteiger partial charge in [-0.1, -0.05) is 53.0 Å². The van der Waals surface area contributed by atoms with Gasteiger partial charge in [-0.15, -0.1) is 0 Å². The molecule has 0 aromatic heterocycles. The van der Waals surface area contributed by atoms with Crippen LogP contribution in [0.15, 0.2) is 65.6 Å². The van der Waals surface area contributed by atoms with Crippen molar-refractivity contribution in [3.63, 3.8) is 0 Å². The van der Waals surface area contributed by atoms with Crippen LogP contribution in [-0.2, 0) is 21.4 Å². The van der Waals surface area contributed by atoms with Gasteiger partial charge in [0.15, 0.2) is 0 Å². The number of aryl methyl sites for hydroxylation is 2. The van der Waals surface area contributed by atoms with E-state index in [0.29, 0.717) is 16.1 Å². The number of amides is 1. The zero-order chi connectivity index (χ0) is 25.0. The molecule has 0 atom stereocenters. The molecule has 1 amide bonds. The second-order valence-electron chi connectivity index (χ2n) is 7.64. The van der Waals surface area contributed by atoms with Crippen LogP contribution in [-0.4, -0.2) is 30.1 Å². The molecule has 0 spiro atoms. The van der Waals surface area contributed by atoms with Gasteiger partial charge in [-0.05, 0) is 49.2 Å². The molecule has 0 aliphatic carbocycles. The van der Waals surface area contributed by atoms with Gasteiger partial charge < -0.3 is 5.32 Å². The fourth-order valence-electron chi connectivity index (χ4n) is 3.13. The molecule has 1 N–H and O–H groups in total. The first kappa shape index (κ1) is 25.6. The van der Waals surface area contributed by atoms with E-state index in [1.165, 1.54) is 36.4 Å². The minimum Gasteiger partial charge on any atom is -0.324 e. The lowest BCUT2D eigenvalue weighted by molar-refractivity contribution is -0.384. The molecule has 0 saturated heterocycles. The summed E-state index contributed by atoms with van der Waals surface area (Å²) < 4.78 is 27.8. The monoisotopic (exact) mass is 521 g/mol. The molecule has 8 nitrogen and oxygen atoms in total. The maximum Gasteiger partial charge on any atom is 0.271 e. The fraction of sp³-hybridized carbons (Fsp3) is 0.174. The number of nitrogens with zero attached hydrogens (tertiary/aromatic N) is 2. The summed E-state index contributed by atoms with van der Waals surface area (Å²) in [5.41, 5.74) is 2.04. The van der Waals surface area contributed by atoms with Crippen LogP contribution < -0.4 is 5.32 Å². The summed E-state index contributed by atoms with van der Waals surface area (Å²) in [6.45, 7) is 2.83. The number of carbonyl (C=O) groups is 1. The van der Waals surface area contributed by atoms with E-state index in [1.54, 1.807) is 31.2 Å². The second-order valence-corrected chi connectivity index (χ2v) is 10.4. The zero-order valence-corrected chi connectivity index (χ0v) is 20.6. The van der Waals surface area contributed by atoms with E-state index in [1.807, 2.05) is 6.92 Å². The van der Waals surface area contributed by atoms with Crippen LogP contribution in [0.2, 0.25) is 10.0 Å². The Morgan fingerprint density at radius 2 is 1.68 bits per heavy atom. The number of hydrogen-bond donors (Lipinski definition) is 1. The van der Waals surface area contributed by atoms with E-state index in [2.05, 4.69) is 5.32 Å². The standard InChI is InChI=1S/C23H21Cl2N3O5S/c1-15-3-8-19(9-4-15)34(32,33)27(13-17-6-10-20(24)21(25)11-17)14-23(29)26-22-12-18(28(30)31)7-5-16(22)2/h3-12H,13-14H2,1-2H3,(H,26,29). The van der Waals surface area contributed by atoms with Crippen molar-refractivity contribution < 1.29 is 18.1 Å². The minimum absolute atomic E-state index is 0.0255. The SMILES string of the molecule is Cc1ccc(S(=O)(=O)N(CC(=O)Nc2cc([N+](=O)[O-])ccc2C)Cc2ccc(Cl)c(Cl)c2)cc1. The summed E-state index contributed by atoms with van der Waals surface area (Å²) in [5.74, 6) is -0.653. The number of halogens is 2. The number of anilines is 1. The minimum atomic E-state index is -4.07. The molecule has 178 valence electrons. The van der Waals surface area contributed by atoms with Crippen LogP contribution in [0.4, 0.5) is 11.4 Å². The molecule has 0 aliphatic heterocycles. The van der Waals surface area contributed by atoms with Crippen LogP contribution in [0.5, 0.6) is 0 Å². The number of nitrogens with one attached hydrogen (secondary N) is 1. The Hall–Kier alpha value is -2.98. The highest BCUT2D eigenvalue weighted by Crippen LogP contribution is 2.26. The Kier molecular flexibility index (Phi) is 7.93. The Balaban J connectivity index is 1.92. The van der Waals surface area contributed by atoms with Crippen LogP contribution in [0.25, 0.3) is 0 Å². The molecule has 3 rings (SSSR count). The normalized spacial score (nSPS) is 11.4. The lowest BCUT2D eigenvalue weighted by Crippen LogP contribution is -2.37. The summed E-state index contributed by atoms with van der Waals surface area (Å²) in [4.78, 5) is 23.4. The van der Waals surface area contributed by atoms with Crippen molar-refractivity contribution in [1.82, 2.24) is 4.31 Å². The number of sulfonamides is 1. The molecule has 0 fully saturated rings. The zero-order valence-electron chi connectivity index (χ0n) is 18.3. The van der Waals surface area contributed by atoms with E-state index >= 15 is 0 Å². The van der Waals surface area contributed by atoms with Crippen molar-refractivity contribution in [3.8, 4) is 0 Å². The van der Waals surface area contributed by atoms with Crippen LogP contribution in [0.1, 0.15) is 16.7 Å². The third-order valence-electron chi connectivity index (χ3n) is 5.03. The average molecular weight is 522 g/mol. The summed E-state index contributed by atoms with van der Waals surface area (Å²) in [6.07, 6.45) is 0. The summed E-state index contributed by atoms with van der Waals surface area (Å²) in [7, 11) is -4.07. The molecule has 0 radical (unpaired) electrons. The highest BCUT2D eigenvalue weighted by Gasteiger charge is 2.27. The van der Waals surface area contributed by atoms with Crippen molar-refractivity contribution in [2.24, 2.45) is 0 Å². The summed E-state index contributed by atoms with van der Waals surface area (Å²) in [6, 6.07) is 15.0. The lowest BCUT2D eigenvalue weighted by Gasteiger charge is -2.22. The predicted octanol–water partition coefficient (Wildman–Crippen LogP) is 5.35. The maximum atomic E-state index is 13.4. The van der Waals surface area contributed by atoms with Gasteiger partial charge in [0.2, 0.25) is 15.9 Å². The van der Waals surface area contributed by atoms with E-state index in [0.717, 1.165) is 9.87 Å². The number of non-ortho nitro benzene ring substituents is 1.